The summed E-state index contributed by atoms with van der Waals surface area (Å²) < 4.78 is 0. The molecule has 1 N–H and O–H groups in total. The van der Waals surface area contributed by atoms with Gasteiger partial charge in [0.2, 0.25) is 0 Å². The van der Waals surface area contributed by atoms with Crippen molar-refractivity contribution in [1.29, 1.82) is 0 Å². The summed E-state index contributed by atoms with van der Waals surface area (Å²) in [7, 11) is 0. The summed E-state index contributed by atoms with van der Waals surface area (Å²) in [4.78, 5) is 6.97. The highest BCUT2D eigenvalue weighted by Crippen LogP contribution is 2.35. The second-order valence-electron chi connectivity index (χ2n) is 8.81. The van der Waals surface area contributed by atoms with Crippen LogP contribution in [0.15, 0.2) is 67.0 Å². The first-order chi connectivity index (χ1) is 15.5. The van der Waals surface area contributed by atoms with E-state index in [0.717, 1.165) is 52.9 Å². The van der Waals surface area contributed by atoms with Crippen LogP contribution in [0.3, 0.4) is 0 Å². The molecule has 0 amide bonds. The van der Waals surface area contributed by atoms with E-state index >= 15 is 0 Å². The van der Waals surface area contributed by atoms with E-state index in [2.05, 4.69) is 78.5 Å². The number of hydrogen-bond acceptors (Lipinski definition) is 3. The average molecular weight is 426 g/mol. The van der Waals surface area contributed by atoms with Gasteiger partial charge in [0.25, 0.3) is 0 Å². The Morgan fingerprint density at radius 3 is 2.28 bits per heavy atom. The number of allylic oxidation sites excluding steroid dienone is 1. The van der Waals surface area contributed by atoms with Gasteiger partial charge in [-0.05, 0) is 68.2 Å². The van der Waals surface area contributed by atoms with Crippen molar-refractivity contribution < 1.29 is 0 Å². The van der Waals surface area contributed by atoms with Crippen LogP contribution in [-0.2, 0) is 12.8 Å². The lowest BCUT2D eigenvalue weighted by Gasteiger charge is -2.33. The van der Waals surface area contributed by atoms with Gasteiger partial charge in [0.05, 0.1) is 11.4 Å². The number of fused-ring (bicyclic) bond motifs is 2. The van der Waals surface area contributed by atoms with Crippen molar-refractivity contribution in [3.63, 3.8) is 0 Å². The molecule has 0 bridgehead atoms. The minimum absolute atomic E-state index is 0.873. The van der Waals surface area contributed by atoms with Crippen molar-refractivity contribution in [2.75, 3.05) is 18.4 Å². The van der Waals surface area contributed by atoms with Gasteiger partial charge in [-0.1, -0.05) is 44.3 Å². The third-order valence-electron chi connectivity index (χ3n) is 6.32. The summed E-state index contributed by atoms with van der Waals surface area (Å²) in [5.74, 6) is 0.873. The zero-order chi connectivity index (χ0) is 23.1. The number of terminal acetylenes is 1. The van der Waals surface area contributed by atoms with Crippen LogP contribution in [0.25, 0.3) is 5.57 Å². The maximum Gasteiger partial charge on any atom is 0.0941 e. The van der Waals surface area contributed by atoms with Gasteiger partial charge < -0.3 is 10.2 Å². The number of hydrogen-bond donors (Lipinski definition) is 1. The SMILES string of the molecule is C#C.C=C1C(C(=C)N2CCCCC2)=CNc2ccc(C)nc21.CC1Cc2ccccc2C1. The molecule has 166 valence electrons. The summed E-state index contributed by atoms with van der Waals surface area (Å²) >= 11 is 0. The number of aromatic nitrogens is 1. The third kappa shape index (κ3) is 5.32. The van der Waals surface area contributed by atoms with E-state index in [9.17, 15) is 0 Å². The third-order valence-corrected chi connectivity index (χ3v) is 6.32. The molecule has 1 aromatic heterocycles. The summed E-state index contributed by atoms with van der Waals surface area (Å²) in [5.41, 5.74) is 9.23. The van der Waals surface area contributed by atoms with E-state index in [0.29, 0.717) is 0 Å². The zero-order valence-electron chi connectivity index (χ0n) is 19.5. The highest BCUT2D eigenvalue weighted by Gasteiger charge is 2.22. The van der Waals surface area contributed by atoms with Crippen LogP contribution in [0.1, 0.15) is 48.7 Å². The van der Waals surface area contributed by atoms with Crippen molar-refractivity contribution in [2.45, 2.75) is 46.0 Å². The fraction of sp³-hybridized carbons (Fsp3) is 0.345. The van der Waals surface area contributed by atoms with Gasteiger partial charge in [-0.2, -0.15) is 0 Å². The van der Waals surface area contributed by atoms with E-state index in [4.69, 9.17) is 0 Å². The van der Waals surface area contributed by atoms with Crippen LogP contribution in [0.4, 0.5) is 5.69 Å². The predicted octanol–water partition coefficient (Wildman–Crippen LogP) is 6.38. The van der Waals surface area contributed by atoms with E-state index in [-0.39, 0.29) is 0 Å². The van der Waals surface area contributed by atoms with Crippen LogP contribution < -0.4 is 5.32 Å². The maximum absolute atomic E-state index is 4.61. The second kappa shape index (κ2) is 10.9. The fourth-order valence-electron chi connectivity index (χ4n) is 4.64. The van der Waals surface area contributed by atoms with Gasteiger partial charge in [0.15, 0.2) is 0 Å². The highest BCUT2D eigenvalue weighted by molar-refractivity contribution is 5.89. The van der Waals surface area contributed by atoms with Crippen molar-refractivity contribution >= 4 is 11.3 Å². The molecular weight excluding hydrogens is 390 g/mol. The molecule has 32 heavy (non-hydrogen) atoms. The lowest BCUT2D eigenvalue weighted by atomic mass is 9.96. The van der Waals surface area contributed by atoms with Crippen LogP contribution in [0.2, 0.25) is 0 Å². The summed E-state index contributed by atoms with van der Waals surface area (Å²) in [6.45, 7) is 15.0. The quantitative estimate of drug-likeness (QED) is 0.566. The molecular formula is C29H35N3. The topological polar surface area (TPSA) is 28.2 Å². The fourth-order valence-corrected chi connectivity index (χ4v) is 4.64. The number of piperidine rings is 1. The Balaban J connectivity index is 0.000000201. The first-order valence-electron chi connectivity index (χ1n) is 11.5. The standard InChI is InChI=1S/C17H21N3.C10H12.C2H2/c1-12-7-8-16-17(19-12)13(2)15(11-18-16)14(3)20-9-5-4-6-10-20;1-8-6-9-4-2-3-5-10(9)7-8;1-2/h7-8,11,18H,2-6,9-10H2,1H3;2-5,8H,6-7H2,1H3;1-2H. The van der Waals surface area contributed by atoms with E-state index in [1.165, 1.54) is 32.1 Å². The van der Waals surface area contributed by atoms with Crippen LogP contribution >= 0.6 is 0 Å². The largest absolute Gasteiger partial charge is 0.371 e. The molecule has 1 saturated heterocycles. The molecule has 3 heteroatoms. The molecule has 0 spiro atoms. The molecule has 0 atom stereocenters. The molecule has 0 saturated carbocycles. The number of benzene rings is 1. The molecule has 3 nitrogen and oxygen atoms in total. The van der Waals surface area contributed by atoms with E-state index in [1.54, 1.807) is 11.1 Å². The molecule has 3 aliphatic rings. The number of rotatable bonds is 2. The Morgan fingerprint density at radius 1 is 1.03 bits per heavy atom. The first-order valence-corrected chi connectivity index (χ1v) is 11.5. The summed E-state index contributed by atoms with van der Waals surface area (Å²) in [6, 6.07) is 12.8. The monoisotopic (exact) mass is 425 g/mol. The van der Waals surface area contributed by atoms with Gasteiger partial charge in [-0.15, -0.1) is 12.8 Å². The number of nitrogens with zero attached hydrogens (tertiary/aromatic N) is 2. The molecule has 5 rings (SSSR count). The highest BCUT2D eigenvalue weighted by atomic mass is 15.1. The van der Waals surface area contributed by atoms with Gasteiger partial charge in [0, 0.05) is 41.8 Å². The molecule has 0 unspecified atom stereocenters. The zero-order valence-corrected chi connectivity index (χ0v) is 19.5. The van der Waals surface area contributed by atoms with Crippen LogP contribution in [0.5, 0.6) is 0 Å². The van der Waals surface area contributed by atoms with Gasteiger partial charge >= 0.3 is 0 Å². The van der Waals surface area contributed by atoms with Crippen LogP contribution in [-0.4, -0.2) is 23.0 Å². The number of aryl methyl sites for hydroxylation is 1. The van der Waals surface area contributed by atoms with Crippen molar-refractivity contribution in [3.05, 3.63) is 89.5 Å². The molecule has 1 aliphatic carbocycles. The minimum atomic E-state index is 0.873. The Hall–Kier alpha value is -3.25. The van der Waals surface area contributed by atoms with Crippen molar-refractivity contribution in [3.8, 4) is 12.8 Å². The van der Waals surface area contributed by atoms with E-state index in [1.807, 2.05) is 19.2 Å². The predicted molar refractivity (Wildman–Crippen MR) is 137 cm³/mol. The molecule has 2 aromatic rings. The lowest BCUT2D eigenvalue weighted by Crippen LogP contribution is -2.30. The van der Waals surface area contributed by atoms with Crippen molar-refractivity contribution in [1.82, 2.24) is 9.88 Å². The normalized spacial score (nSPS) is 16.8. The Bertz CT molecular complexity index is 997. The molecule has 1 aromatic carbocycles. The minimum Gasteiger partial charge on any atom is -0.371 e. The number of pyridine rings is 1. The first kappa shape index (κ1) is 23.4. The summed E-state index contributed by atoms with van der Waals surface area (Å²) in [5, 5.41) is 3.32. The second-order valence-corrected chi connectivity index (χ2v) is 8.81. The smallest absolute Gasteiger partial charge is 0.0941 e. The Labute approximate surface area is 194 Å². The Morgan fingerprint density at radius 2 is 1.66 bits per heavy atom. The summed E-state index contributed by atoms with van der Waals surface area (Å²) in [6.07, 6.45) is 16.4. The van der Waals surface area contributed by atoms with Gasteiger partial charge in [-0.3, -0.25) is 4.98 Å². The number of nitrogens with one attached hydrogen (secondary N) is 1. The van der Waals surface area contributed by atoms with Gasteiger partial charge in [0.1, 0.15) is 0 Å². The molecule has 1 fully saturated rings. The molecule has 2 aliphatic heterocycles. The molecule has 0 radical (unpaired) electrons. The maximum atomic E-state index is 4.61. The molecule has 3 heterocycles. The van der Waals surface area contributed by atoms with Crippen molar-refractivity contribution in [2.24, 2.45) is 5.92 Å². The number of anilines is 1. The van der Waals surface area contributed by atoms with Gasteiger partial charge in [-0.25, -0.2) is 0 Å². The van der Waals surface area contributed by atoms with E-state index < -0.39 is 0 Å². The average Bonchev–Trinajstić information content (AvgIpc) is 3.22. The Kier molecular flexibility index (Phi) is 7.95. The number of likely N-dealkylation sites (tertiary alicyclic amines) is 1. The lowest BCUT2D eigenvalue weighted by molar-refractivity contribution is 0.292. The van der Waals surface area contributed by atoms with Crippen LogP contribution in [0, 0.1) is 25.7 Å².